The van der Waals surface area contributed by atoms with Crippen LogP contribution in [0.15, 0.2) is 24.3 Å². The fourth-order valence-corrected chi connectivity index (χ4v) is 2.74. The highest BCUT2D eigenvalue weighted by molar-refractivity contribution is 5.82. The van der Waals surface area contributed by atoms with Crippen LogP contribution in [0.3, 0.4) is 0 Å². The minimum absolute atomic E-state index is 0.205. The molecule has 0 aliphatic heterocycles. The summed E-state index contributed by atoms with van der Waals surface area (Å²) >= 11 is 0. The van der Waals surface area contributed by atoms with Crippen molar-refractivity contribution in [2.24, 2.45) is 18.2 Å². The number of rotatable bonds is 1. The van der Waals surface area contributed by atoms with E-state index < -0.39 is 0 Å². The van der Waals surface area contributed by atoms with Gasteiger partial charge < -0.3 is 5.73 Å². The summed E-state index contributed by atoms with van der Waals surface area (Å²) in [6.45, 7) is 4.45. The van der Waals surface area contributed by atoms with Crippen molar-refractivity contribution in [3.05, 3.63) is 30.0 Å². The van der Waals surface area contributed by atoms with E-state index in [4.69, 9.17) is 5.73 Å². The Balaban J connectivity index is 2.21. The van der Waals surface area contributed by atoms with Crippen LogP contribution in [0, 0.1) is 5.41 Å². The fraction of sp³-hybridized carbons (Fsp3) is 0.462. The van der Waals surface area contributed by atoms with Crippen molar-refractivity contribution in [3.8, 4) is 0 Å². The van der Waals surface area contributed by atoms with E-state index in [0.29, 0.717) is 5.92 Å². The Bertz CT molecular complexity index is 553. The Morgan fingerprint density at radius 2 is 1.94 bits per heavy atom. The lowest BCUT2D eigenvalue weighted by molar-refractivity contribution is 0.583. The molecule has 0 radical (unpaired) electrons. The molecule has 1 aliphatic carbocycles. The van der Waals surface area contributed by atoms with Crippen molar-refractivity contribution in [3.63, 3.8) is 0 Å². The van der Waals surface area contributed by atoms with E-state index in [9.17, 15) is 0 Å². The van der Waals surface area contributed by atoms with Crippen molar-refractivity contribution in [2.45, 2.75) is 25.8 Å². The molecule has 1 fully saturated rings. The monoisotopic (exact) mass is 215 g/mol. The molecule has 0 amide bonds. The zero-order valence-corrected chi connectivity index (χ0v) is 9.94. The minimum atomic E-state index is 0.205. The van der Waals surface area contributed by atoms with Crippen LogP contribution in [0.2, 0.25) is 0 Å². The second-order valence-electron chi connectivity index (χ2n) is 5.35. The zero-order valence-electron chi connectivity index (χ0n) is 9.94. The standard InChI is InChI=1S/C13H17N3/c1-13(2)10(12(13)14)11-8-6-4-5-7-9(8)15-16(11)3/h4-7,10,12H,14H2,1-3H3/t10-,12-/m1/s1. The molecule has 0 bridgehead atoms. The second kappa shape index (κ2) is 2.86. The quantitative estimate of drug-likeness (QED) is 0.791. The first-order valence-corrected chi connectivity index (χ1v) is 5.70. The zero-order chi connectivity index (χ0) is 11.5. The first-order chi connectivity index (χ1) is 7.53. The second-order valence-corrected chi connectivity index (χ2v) is 5.35. The molecule has 1 aromatic carbocycles. The van der Waals surface area contributed by atoms with Gasteiger partial charge in [0, 0.05) is 24.4 Å². The molecule has 16 heavy (non-hydrogen) atoms. The Labute approximate surface area is 95.2 Å². The summed E-state index contributed by atoms with van der Waals surface area (Å²) in [4.78, 5) is 0. The lowest BCUT2D eigenvalue weighted by atomic mass is 10.1. The molecule has 3 nitrogen and oxygen atoms in total. The molecule has 0 spiro atoms. The molecule has 3 rings (SSSR count). The van der Waals surface area contributed by atoms with Crippen LogP contribution in [0.1, 0.15) is 25.5 Å². The smallest absolute Gasteiger partial charge is 0.0926 e. The Hall–Kier alpha value is -1.35. The molecule has 3 heteroatoms. The van der Waals surface area contributed by atoms with Crippen LogP contribution < -0.4 is 5.73 Å². The van der Waals surface area contributed by atoms with E-state index in [1.54, 1.807) is 0 Å². The molecule has 1 aliphatic rings. The van der Waals surface area contributed by atoms with E-state index in [2.05, 4.69) is 37.1 Å². The molecule has 2 N–H and O–H groups in total. The molecule has 2 aromatic rings. The highest BCUT2D eigenvalue weighted by atomic mass is 15.3. The van der Waals surface area contributed by atoms with E-state index in [1.807, 2.05) is 17.8 Å². The van der Waals surface area contributed by atoms with Gasteiger partial charge in [0.25, 0.3) is 0 Å². The normalized spacial score (nSPS) is 27.2. The van der Waals surface area contributed by atoms with Crippen molar-refractivity contribution < 1.29 is 0 Å². The fourth-order valence-electron chi connectivity index (χ4n) is 2.74. The van der Waals surface area contributed by atoms with Crippen LogP contribution in [0.25, 0.3) is 10.9 Å². The number of aryl methyl sites for hydroxylation is 1. The van der Waals surface area contributed by atoms with Gasteiger partial charge in [-0.25, -0.2) is 0 Å². The summed E-state index contributed by atoms with van der Waals surface area (Å²) in [5, 5.41) is 5.78. The summed E-state index contributed by atoms with van der Waals surface area (Å²) in [6, 6.07) is 8.54. The number of aromatic nitrogens is 2. The number of hydrogen-bond acceptors (Lipinski definition) is 2. The number of benzene rings is 1. The van der Waals surface area contributed by atoms with Gasteiger partial charge in [-0.2, -0.15) is 5.10 Å². The SMILES string of the molecule is Cn1nc2ccccc2c1[C@@H]1[C@@H](N)C1(C)C. The summed E-state index contributed by atoms with van der Waals surface area (Å²) in [7, 11) is 2.01. The van der Waals surface area contributed by atoms with Gasteiger partial charge in [-0.05, 0) is 11.5 Å². The number of fused-ring (bicyclic) bond motifs is 1. The number of nitrogens with two attached hydrogens (primary N) is 1. The predicted octanol–water partition coefficient (Wildman–Crippen LogP) is 2.02. The molecule has 0 unspecified atom stereocenters. The highest BCUT2D eigenvalue weighted by Gasteiger charge is 2.57. The first kappa shape index (κ1) is 9.85. The van der Waals surface area contributed by atoms with Crippen molar-refractivity contribution >= 4 is 10.9 Å². The Morgan fingerprint density at radius 3 is 2.56 bits per heavy atom. The number of nitrogens with zero attached hydrogens (tertiary/aromatic N) is 2. The van der Waals surface area contributed by atoms with Crippen molar-refractivity contribution in [2.75, 3.05) is 0 Å². The van der Waals surface area contributed by atoms with E-state index in [1.165, 1.54) is 11.1 Å². The summed E-state index contributed by atoms with van der Waals surface area (Å²) < 4.78 is 1.99. The van der Waals surface area contributed by atoms with E-state index >= 15 is 0 Å². The lowest BCUT2D eigenvalue weighted by Crippen LogP contribution is -2.07. The van der Waals surface area contributed by atoms with Crippen LogP contribution in [-0.2, 0) is 7.05 Å². The maximum Gasteiger partial charge on any atom is 0.0926 e. The van der Waals surface area contributed by atoms with Crippen molar-refractivity contribution in [1.82, 2.24) is 9.78 Å². The third-order valence-electron chi connectivity index (χ3n) is 3.99. The third-order valence-corrected chi connectivity index (χ3v) is 3.99. The van der Waals surface area contributed by atoms with Crippen LogP contribution >= 0.6 is 0 Å². The largest absolute Gasteiger partial charge is 0.327 e. The van der Waals surface area contributed by atoms with Gasteiger partial charge in [-0.3, -0.25) is 4.68 Å². The van der Waals surface area contributed by atoms with Gasteiger partial charge in [0.15, 0.2) is 0 Å². The first-order valence-electron chi connectivity index (χ1n) is 5.70. The van der Waals surface area contributed by atoms with Gasteiger partial charge in [0.2, 0.25) is 0 Å². The number of hydrogen-bond donors (Lipinski definition) is 1. The average Bonchev–Trinajstić information content (AvgIpc) is 2.58. The molecular formula is C13H17N3. The van der Waals surface area contributed by atoms with Gasteiger partial charge >= 0.3 is 0 Å². The molecule has 1 aromatic heterocycles. The summed E-state index contributed by atoms with van der Waals surface area (Å²) in [6.07, 6.45) is 0. The molecule has 84 valence electrons. The predicted molar refractivity (Wildman–Crippen MR) is 65.2 cm³/mol. The van der Waals surface area contributed by atoms with E-state index in [-0.39, 0.29) is 11.5 Å². The molecule has 1 saturated carbocycles. The molecule has 2 atom stereocenters. The summed E-state index contributed by atoms with van der Waals surface area (Å²) in [5.74, 6) is 0.435. The Morgan fingerprint density at radius 1 is 1.31 bits per heavy atom. The maximum atomic E-state index is 6.15. The van der Waals surface area contributed by atoms with Gasteiger partial charge in [0.05, 0.1) is 11.2 Å². The van der Waals surface area contributed by atoms with Gasteiger partial charge in [0.1, 0.15) is 0 Å². The maximum absolute atomic E-state index is 6.15. The van der Waals surface area contributed by atoms with E-state index in [0.717, 1.165) is 5.52 Å². The highest BCUT2D eigenvalue weighted by Crippen LogP contribution is 2.58. The van der Waals surface area contributed by atoms with Gasteiger partial charge in [-0.15, -0.1) is 0 Å². The molecule has 1 heterocycles. The van der Waals surface area contributed by atoms with Crippen LogP contribution in [0.5, 0.6) is 0 Å². The van der Waals surface area contributed by atoms with Gasteiger partial charge in [-0.1, -0.05) is 32.0 Å². The van der Waals surface area contributed by atoms with Crippen molar-refractivity contribution in [1.29, 1.82) is 0 Å². The average molecular weight is 215 g/mol. The van der Waals surface area contributed by atoms with Crippen LogP contribution in [-0.4, -0.2) is 15.8 Å². The third kappa shape index (κ3) is 1.09. The lowest BCUT2D eigenvalue weighted by Gasteiger charge is -2.03. The molecule has 0 saturated heterocycles. The molecular weight excluding hydrogens is 198 g/mol. The van der Waals surface area contributed by atoms with Crippen LogP contribution in [0.4, 0.5) is 0 Å². The topological polar surface area (TPSA) is 43.8 Å². The minimum Gasteiger partial charge on any atom is -0.327 e. The Kier molecular flexibility index (Phi) is 1.76. The summed E-state index contributed by atoms with van der Waals surface area (Å²) in [5.41, 5.74) is 8.71.